The van der Waals surface area contributed by atoms with Gasteiger partial charge in [-0.3, -0.25) is 0 Å². The highest BCUT2D eigenvalue weighted by atomic mass is 16.5. The molecule has 0 aromatic rings. The van der Waals surface area contributed by atoms with Crippen molar-refractivity contribution in [1.29, 1.82) is 0 Å². The van der Waals surface area contributed by atoms with Gasteiger partial charge in [0.15, 0.2) is 6.54 Å². The van der Waals surface area contributed by atoms with Gasteiger partial charge >= 0.3 is 5.97 Å². The first-order valence-electron chi connectivity index (χ1n) is 9.71. The van der Waals surface area contributed by atoms with E-state index in [-0.39, 0.29) is 5.97 Å². The summed E-state index contributed by atoms with van der Waals surface area (Å²) in [6.45, 7) is 11.9. The molecule has 0 aliphatic heterocycles. The molecule has 2 bridgehead atoms. The van der Waals surface area contributed by atoms with Gasteiger partial charge < -0.3 is 14.0 Å². The van der Waals surface area contributed by atoms with E-state index in [1.807, 2.05) is 0 Å². The highest BCUT2D eigenvalue weighted by Crippen LogP contribution is 2.66. The van der Waals surface area contributed by atoms with E-state index in [0.717, 1.165) is 31.9 Å². The Morgan fingerprint density at radius 2 is 1.92 bits per heavy atom. The summed E-state index contributed by atoms with van der Waals surface area (Å²) in [6, 6.07) is 0. The lowest BCUT2D eigenvalue weighted by molar-refractivity contribution is -0.883. The van der Waals surface area contributed by atoms with Gasteiger partial charge in [0.05, 0.1) is 33.4 Å². The third kappa shape index (κ3) is 3.96. The molecular formula is C20H38NO3+. The number of likely N-dealkylation sites (N-methyl/N-ethyl adjacent to an activating group) is 1. The number of quaternary nitrogens is 1. The van der Waals surface area contributed by atoms with Crippen molar-refractivity contribution in [2.24, 2.45) is 16.7 Å². The summed E-state index contributed by atoms with van der Waals surface area (Å²) >= 11 is 0. The molecule has 2 aliphatic carbocycles. The molecule has 0 spiro atoms. The average Bonchev–Trinajstić information content (AvgIpc) is 2.80. The molecule has 4 heteroatoms. The molecule has 24 heavy (non-hydrogen) atoms. The molecule has 0 saturated heterocycles. The average molecular weight is 341 g/mol. The Balaban J connectivity index is 1.74. The van der Waals surface area contributed by atoms with Crippen LogP contribution in [0, 0.1) is 16.7 Å². The zero-order chi connectivity index (χ0) is 18.0. The molecule has 0 aromatic heterocycles. The molecule has 3 unspecified atom stereocenters. The summed E-state index contributed by atoms with van der Waals surface area (Å²) in [5.41, 5.74) is 0.707. The number of carbonyl (C=O) groups is 1. The first kappa shape index (κ1) is 19.7. The van der Waals surface area contributed by atoms with E-state index in [9.17, 15) is 4.79 Å². The number of rotatable bonds is 9. The number of carbonyl (C=O) groups excluding carboxylic acids is 1. The van der Waals surface area contributed by atoms with Crippen LogP contribution in [0.25, 0.3) is 0 Å². The Hall–Kier alpha value is -0.610. The van der Waals surface area contributed by atoms with Gasteiger partial charge in [0, 0.05) is 0 Å². The number of fused-ring (bicyclic) bond motifs is 2. The van der Waals surface area contributed by atoms with Crippen molar-refractivity contribution in [3.63, 3.8) is 0 Å². The fourth-order valence-corrected chi connectivity index (χ4v) is 4.63. The zero-order valence-electron chi connectivity index (χ0n) is 16.7. The predicted molar refractivity (Wildman–Crippen MR) is 96.7 cm³/mol. The van der Waals surface area contributed by atoms with E-state index in [2.05, 4.69) is 41.8 Å². The normalized spacial score (nSPS) is 31.4. The minimum atomic E-state index is -0.0959. The molecule has 140 valence electrons. The van der Waals surface area contributed by atoms with Gasteiger partial charge in [-0.15, -0.1) is 0 Å². The zero-order valence-corrected chi connectivity index (χ0v) is 16.7. The lowest BCUT2D eigenvalue weighted by Gasteiger charge is -2.39. The second-order valence-electron chi connectivity index (χ2n) is 9.36. The van der Waals surface area contributed by atoms with Gasteiger partial charge in [0.2, 0.25) is 0 Å². The van der Waals surface area contributed by atoms with Crippen molar-refractivity contribution in [2.75, 3.05) is 40.4 Å². The van der Waals surface area contributed by atoms with E-state index >= 15 is 0 Å². The molecule has 3 atom stereocenters. The maximum absolute atomic E-state index is 11.9. The lowest BCUT2D eigenvalue weighted by Crippen LogP contribution is -2.47. The topological polar surface area (TPSA) is 35.5 Å². The Bertz CT molecular complexity index is 446. The van der Waals surface area contributed by atoms with E-state index in [4.69, 9.17) is 9.47 Å². The molecule has 2 fully saturated rings. The lowest BCUT2D eigenvalue weighted by atomic mass is 9.70. The molecule has 0 heterocycles. The minimum Gasteiger partial charge on any atom is -0.462 e. The van der Waals surface area contributed by atoms with Crippen molar-refractivity contribution in [1.82, 2.24) is 0 Å². The third-order valence-corrected chi connectivity index (χ3v) is 7.05. The molecule has 2 rings (SSSR count). The number of nitrogens with zero attached hydrogens (tertiary/aromatic N) is 1. The maximum Gasteiger partial charge on any atom is 0.361 e. The maximum atomic E-state index is 11.9. The number of hydrogen-bond acceptors (Lipinski definition) is 3. The van der Waals surface area contributed by atoms with Crippen LogP contribution in [0.4, 0.5) is 0 Å². The highest BCUT2D eigenvalue weighted by molar-refractivity contribution is 5.70. The second kappa shape index (κ2) is 7.33. The first-order chi connectivity index (χ1) is 11.1. The molecule has 2 aliphatic rings. The largest absolute Gasteiger partial charge is 0.462 e. The molecule has 0 radical (unpaired) electrons. The highest BCUT2D eigenvalue weighted by Gasteiger charge is 2.61. The van der Waals surface area contributed by atoms with Crippen molar-refractivity contribution >= 4 is 5.97 Å². The van der Waals surface area contributed by atoms with E-state index in [0.29, 0.717) is 34.6 Å². The Kier molecular flexibility index (Phi) is 6.02. The van der Waals surface area contributed by atoms with E-state index in [1.54, 1.807) is 0 Å². The number of esters is 1. The summed E-state index contributed by atoms with van der Waals surface area (Å²) in [6.07, 6.45) is 6.22. The van der Waals surface area contributed by atoms with Crippen LogP contribution >= 0.6 is 0 Å². The SMILES string of the molecule is CCCCOC(=O)C[N+](C)(C)CCOC1CC2CCC1(C)C2(C)C. The fraction of sp³-hybridized carbons (Fsp3) is 0.950. The summed E-state index contributed by atoms with van der Waals surface area (Å²) in [7, 11) is 4.16. The molecule has 4 nitrogen and oxygen atoms in total. The predicted octanol–water partition coefficient (Wildman–Crippen LogP) is 3.64. The Labute approximate surface area is 148 Å². The molecule has 0 aromatic carbocycles. The van der Waals surface area contributed by atoms with Crippen LogP contribution in [-0.2, 0) is 14.3 Å². The molecule has 2 saturated carbocycles. The summed E-state index contributed by atoms with van der Waals surface area (Å²) in [5, 5.41) is 0. The second-order valence-corrected chi connectivity index (χ2v) is 9.36. The molecule has 0 amide bonds. The van der Waals surface area contributed by atoms with Crippen LogP contribution < -0.4 is 0 Å². The standard InChI is InChI=1S/C20H38NO3/c1-7-8-12-24-18(22)15-21(5,6)11-13-23-17-14-16-9-10-20(17,4)19(16,2)3/h16-17H,7-15H2,1-6H3/q+1. The van der Waals surface area contributed by atoms with Crippen molar-refractivity contribution in [2.45, 2.75) is 65.9 Å². The van der Waals surface area contributed by atoms with Crippen LogP contribution in [-0.4, -0.2) is 57.0 Å². The first-order valence-corrected chi connectivity index (χ1v) is 9.71. The minimum absolute atomic E-state index is 0.0959. The van der Waals surface area contributed by atoms with Crippen molar-refractivity contribution in [3.8, 4) is 0 Å². The van der Waals surface area contributed by atoms with Gasteiger partial charge in [-0.25, -0.2) is 4.79 Å². The van der Waals surface area contributed by atoms with E-state index in [1.165, 1.54) is 19.3 Å². The van der Waals surface area contributed by atoms with Crippen LogP contribution in [0.15, 0.2) is 0 Å². The summed E-state index contributed by atoms with van der Waals surface area (Å²) in [5.74, 6) is 0.713. The van der Waals surface area contributed by atoms with Gasteiger partial charge in [0.1, 0.15) is 6.54 Å². The Morgan fingerprint density at radius 3 is 2.46 bits per heavy atom. The summed E-state index contributed by atoms with van der Waals surface area (Å²) in [4.78, 5) is 11.9. The van der Waals surface area contributed by atoms with Gasteiger partial charge in [-0.1, -0.05) is 34.1 Å². The quantitative estimate of drug-likeness (QED) is 0.365. The number of ether oxygens (including phenoxy) is 2. The van der Waals surface area contributed by atoms with Crippen LogP contribution in [0.2, 0.25) is 0 Å². The van der Waals surface area contributed by atoms with Crippen molar-refractivity contribution in [3.05, 3.63) is 0 Å². The smallest absolute Gasteiger partial charge is 0.361 e. The van der Waals surface area contributed by atoms with Gasteiger partial charge in [-0.2, -0.15) is 0 Å². The third-order valence-electron chi connectivity index (χ3n) is 7.05. The number of unbranched alkanes of at least 4 members (excludes halogenated alkanes) is 1. The van der Waals surface area contributed by atoms with Crippen LogP contribution in [0.1, 0.15) is 59.8 Å². The Morgan fingerprint density at radius 1 is 1.21 bits per heavy atom. The van der Waals surface area contributed by atoms with Gasteiger partial charge in [-0.05, 0) is 42.4 Å². The monoisotopic (exact) mass is 340 g/mol. The number of hydrogen-bond donors (Lipinski definition) is 0. The van der Waals surface area contributed by atoms with Crippen LogP contribution in [0.3, 0.4) is 0 Å². The van der Waals surface area contributed by atoms with Crippen LogP contribution in [0.5, 0.6) is 0 Å². The fourth-order valence-electron chi connectivity index (χ4n) is 4.63. The van der Waals surface area contributed by atoms with E-state index < -0.39 is 0 Å². The van der Waals surface area contributed by atoms with Crippen molar-refractivity contribution < 1.29 is 18.8 Å². The van der Waals surface area contributed by atoms with Gasteiger partial charge in [0.25, 0.3) is 0 Å². The molecule has 0 N–H and O–H groups in total. The molecular weight excluding hydrogens is 302 g/mol. The summed E-state index contributed by atoms with van der Waals surface area (Å²) < 4.78 is 12.2.